The van der Waals surface area contributed by atoms with E-state index in [1.165, 1.54) is 76.9 Å². The lowest BCUT2D eigenvalue weighted by atomic mass is 10.1. The van der Waals surface area contributed by atoms with Crippen molar-refractivity contribution >= 4 is 0 Å². The van der Waals surface area contributed by atoms with Crippen molar-refractivity contribution in [3.63, 3.8) is 0 Å². The first-order chi connectivity index (χ1) is 14.8. The first kappa shape index (κ1) is 24.1. The first-order valence-electron chi connectivity index (χ1n) is 11.9. The molecule has 0 amide bonds. The minimum atomic E-state index is 0.630. The van der Waals surface area contributed by atoms with Crippen LogP contribution in [0.4, 0.5) is 0 Å². The number of rotatable bonds is 17. The lowest BCUT2D eigenvalue weighted by Gasteiger charge is -2.13. The molecule has 0 N–H and O–H groups in total. The third kappa shape index (κ3) is 9.55. The van der Waals surface area contributed by atoms with Crippen LogP contribution in [-0.4, -0.2) is 28.2 Å². The molecule has 30 heavy (non-hydrogen) atoms. The van der Waals surface area contributed by atoms with E-state index in [4.69, 9.17) is 9.47 Å². The van der Waals surface area contributed by atoms with Crippen LogP contribution in [-0.2, 0) is 0 Å². The molecule has 0 unspecified atom stereocenters. The standard InChI is InChI=1S/C25H39N3O2/c1-3-5-7-9-11-13-17-29-22-15-16-23(25-27-20-26-21-28-25)24(19-22)30-18-14-12-10-8-6-4-2/h15-16,19-21H,3-14,17-18H2,1-2H3. The van der Waals surface area contributed by atoms with Crippen LogP contribution in [0, 0.1) is 0 Å². The van der Waals surface area contributed by atoms with Gasteiger partial charge in [0.25, 0.3) is 0 Å². The monoisotopic (exact) mass is 413 g/mol. The van der Waals surface area contributed by atoms with E-state index in [1.54, 1.807) is 0 Å². The Morgan fingerprint density at radius 2 is 1.23 bits per heavy atom. The number of benzene rings is 1. The van der Waals surface area contributed by atoms with Crippen LogP contribution >= 0.6 is 0 Å². The summed E-state index contributed by atoms with van der Waals surface area (Å²) in [6.45, 7) is 5.93. The smallest absolute Gasteiger partial charge is 0.166 e. The summed E-state index contributed by atoms with van der Waals surface area (Å²) in [5, 5.41) is 0. The van der Waals surface area contributed by atoms with Crippen LogP contribution in [0.15, 0.2) is 30.9 Å². The molecule has 0 bridgehead atoms. The lowest BCUT2D eigenvalue weighted by molar-refractivity contribution is 0.290. The van der Waals surface area contributed by atoms with Crippen molar-refractivity contribution in [2.45, 2.75) is 90.9 Å². The number of hydrogen-bond acceptors (Lipinski definition) is 5. The van der Waals surface area contributed by atoms with Crippen LogP contribution in [0.25, 0.3) is 11.4 Å². The Kier molecular flexibility index (Phi) is 12.6. The van der Waals surface area contributed by atoms with E-state index in [0.29, 0.717) is 12.4 Å². The molecule has 0 radical (unpaired) electrons. The predicted molar refractivity (Wildman–Crippen MR) is 123 cm³/mol. The highest BCUT2D eigenvalue weighted by molar-refractivity contribution is 5.65. The van der Waals surface area contributed by atoms with Gasteiger partial charge < -0.3 is 9.47 Å². The molecular weight excluding hydrogens is 374 g/mol. The zero-order chi connectivity index (χ0) is 21.3. The average Bonchev–Trinajstić information content (AvgIpc) is 2.78. The number of nitrogens with zero attached hydrogens (tertiary/aromatic N) is 3. The highest BCUT2D eigenvalue weighted by Crippen LogP contribution is 2.31. The molecule has 2 aromatic rings. The van der Waals surface area contributed by atoms with Gasteiger partial charge in [0.05, 0.1) is 18.8 Å². The molecule has 0 aliphatic rings. The molecule has 166 valence electrons. The van der Waals surface area contributed by atoms with E-state index in [1.807, 2.05) is 18.2 Å². The summed E-state index contributed by atoms with van der Waals surface area (Å²) in [6.07, 6.45) is 18.0. The van der Waals surface area contributed by atoms with Gasteiger partial charge in [-0.1, -0.05) is 78.1 Å². The summed E-state index contributed by atoms with van der Waals surface area (Å²) < 4.78 is 12.1. The molecule has 0 spiro atoms. The van der Waals surface area contributed by atoms with Crippen LogP contribution in [0.2, 0.25) is 0 Å². The van der Waals surface area contributed by atoms with Crippen LogP contribution in [0.1, 0.15) is 90.9 Å². The highest BCUT2D eigenvalue weighted by atomic mass is 16.5. The summed E-state index contributed by atoms with van der Waals surface area (Å²) in [6, 6.07) is 5.95. The van der Waals surface area contributed by atoms with Crippen molar-refractivity contribution in [3.8, 4) is 22.9 Å². The van der Waals surface area contributed by atoms with E-state index in [9.17, 15) is 0 Å². The summed E-state index contributed by atoms with van der Waals surface area (Å²) >= 11 is 0. The average molecular weight is 414 g/mol. The molecular formula is C25H39N3O2. The van der Waals surface area contributed by atoms with Crippen molar-refractivity contribution in [2.75, 3.05) is 13.2 Å². The van der Waals surface area contributed by atoms with Gasteiger partial charge >= 0.3 is 0 Å². The van der Waals surface area contributed by atoms with Crippen LogP contribution in [0.5, 0.6) is 11.5 Å². The van der Waals surface area contributed by atoms with E-state index in [2.05, 4.69) is 28.8 Å². The number of hydrogen-bond donors (Lipinski definition) is 0. The molecule has 0 saturated heterocycles. The fraction of sp³-hybridized carbons (Fsp3) is 0.640. The molecule has 1 aromatic carbocycles. The first-order valence-corrected chi connectivity index (χ1v) is 11.9. The number of unbranched alkanes of at least 4 members (excludes halogenated alkanes) is 10. The largest absolute Gasteiger partial charge is 0.493 e. The molecule has 0 aliphatic carbocycles. The van der Waals surface area contributed by atoms with Crippen molar-refractivity contribution in [1.82, 2.24) is 15.0 Å². The normalized spacial score (nSPS) is 10.9. The van der Waals surface area contributed by atoms with Gasteiger partial charge in [0.15, 0.2) is 5.82 Å². The maximum absolute atomic E-state index is 6.13. The number of aromatic nitrogens is 3. The van der Waals surface area contributed by atoms with Crippen molar-refractivity contribution < 1.29 is 9.47 Å². The Labute approximate surface area is 182 Å². The minimum absolute atomic E-state index is 0.630. The molecule has 0 fully saturated rings. The second-order valence-corrected chi connectivity index (χ2v) is 7.85. The predicted octanol–water partition coefficient (Wildman–Crippen LogP) is 7.02. The molecule has 5 heteroatoms. The Morgan fingerprint density at radius 3 is 1.87 bits per heavy atom. The Hall–Kier alpha value is -2.17. The SMILES string of the molecule is CCCCCCCCOc1ccc(-c2ncncn2)c(OCCCCCCCC)c1. The van der Waals surface area contributed by atoms with Crippen LogP contribution in [0.3, 0.4) is 0 Å². The van der Waals surface area contributed by atoms with E-state index in [-0.39, 0.29) is 0 Å². The van der Waals surface area contributed by atoms with Gasteiger partial charge in [0, 0.05) is 6.07 Å². The third-order valence-electron chi connectivity index (χ3n) is 5.21. The Morgan fingerprint density at radius 1 is 0.667 bits per heavy atom. The fourth-order valence-corrected chi connectivity index (χ4v) is 3.41. The Bertz CT molecular complexity index is 679. The van der Waals surface area contributed by atoms with Gasteiger partial charge in [0.2, 0.25) is 0 Å². The summed E-state index contributed by atoms with van der Waals surface area (Å²) in [4.78, 5) is 12.5. The zero-order valence-electron chi connectivity index (χ0n) is 18.9. The van der Waals surface area contributed by atoms with E-state index < -0.39 is 0 Å². The van der Waals surface area contributed by atoms with Crippen molar-refractivity contribution in [3.05, 3.63) is 30.9 Å². The molecule has 2 rings (SSSR count). The van der Waals surface area contributed by atoms with E-state index in [0.717, 1.165) is 36.5 Å². The summed E-state index contributed by atoms with van der Waals surface area (Å²) in [5.41, 5.74) is 0.885. The van der Waals surface area contributed by atoms with Gasteiger partial charge in [-0.05, 0) is 25.0 Å². The topological polar surface area (TPSA) is 57.1 Å². The van der Waals surface area contributed by atoms with Crippen LogP contribution < -0.4 is 9.47 Å². The van der Waals surface area contributed by atoms with Gasteiger partial charge in [0.1, 0.15) is 24.2 Å². The molecule has 1 aromatic heterocycles. The molecule has 0 atom stereocenters. The quantitative estimate of drug-likeness (QED) is 0.261. The summed E-state index contributed by atoms with van der Waals surface area (Å²) in [5.74, 6) is 2.26. The Balaban J connectivity index is 1.87. The minimum Gasteiger partial charge on any atom is -0.493 e. The third-order valence-corrected chi connectivity index (χ3v) is 5.21. The summed E-state index contributed by atoms with van der Waals surface area (Å²) in [7, 11) is 0. The molecule has 0 aliphatic heterocycles. The second-order valence-electron chi connectivity index (χ2n) is 7.85. The maximum atomic E-state index is 6.13. The highest BCUT2D eigenvalue weighted by Gasteiger charge is 2.11. The van der Waals surface area contributed by atoms with Gasteiger partial charge in [-0.3, -0.25) is 0 Å². The van der Waals surface area contributed by atoms with Gasteiger partial charge in [-0.15, -0.1) is 0 Å². The lowest BCUT2D eigenvalue weighted by Crippen LogP contribution is -2.02. The van der Waals surface area contributed by atoms with Crippen molar-refractivity contribution in [2.24, 2.45) is 0 Å². The van der Waals surface area contributed by atoms with Gasteiger partial charge in [-0.25, -0.2) is 15.0 Å². The maximum Gasteiger partial charge on any atom is 0.166 e. The second kappa shape index (κ2) is 15.6. The van der Waals surface area contributed by atoms with E-state index >= 15 is 0 Å². The zero-order valence-corrected chi connectivity index (χ0v) is 18.9. The van der Waals surface area contributed by atoms with Crippen molar-refractivity contribution in [1.29, 1.82) is 0 Å². The fourth-order valence-electron chi connectivity index (χ4n) is 3.41. The number of ether oxygens (including phenoxy) is 2. The molecule has 5 nitrogen and oxygen atoms in total. The molecule has 0 saturated carbocycles. The molecule has 1 heterocycles. The van der Waals surface area contributed by atoms with Gasteiger partial charge in [-0.2, -0.15) is 0 Å².